The molecule has 0 radical (unpaired) electrons. The Bertz CT molecular complexity index is 1140. The minimum Gasteiger partial charge on any atom is -0.292 e. The first-order valence-electron chi connectivity index (χ1n) is 8.08. The molecule has 0 saturated heterocycles. The van der Waals surface area contributed by atoms with Crippen LogP contribution >= 0.6 is 0 Å². The molecule has 0 bridgehead atoms. The number of amides is 1. The van der Waals surface area contributed by atoms with E-state index in [1.165, 1.54) is 16.7 Å². The van der Waals surface area contributed by atoms with E-state index in [0.29, 0.717) is 28.2 Å². The van der Waals surface area contributed by atoms with Gasteiger partial charge in [-0.3, -0.25) is 15.4 Å². The van der Waals surface area contributed by atoms with Gasteiger partial charge in [-0.1, -0.05) is 18.2 Å². The molecule has 1 N–H and O–H groups in total. The number of carbonyl (C=O) groups is 1. The molecule has 0 fully saturated rings. The summed E-state index contributed by atoms with van der Waals surface area (Å²) in [6, 6.07) is 17.9. The smallest absolute Gasteiger partial charge is 0.292 e. The van der Waals surface area contributed by atoms with Gasteiger partial charge in [0, 0.05) is 23.9 Å². The molecule has 132 valence electrons. The van der Waals surface area contributed by atoms with Crippen LogP contribution in [0.3, 0.4) is 0 Å². The van der Waals surface area contributed by atoms with Crippen molar-refractivity contribution < 1.29 is 9.72 Å². The summed E-state index contributed by atoms with van der Waals surface area (Å²) in [4.78, 5) is 32.0. The van der Waals surface area contributed by atoms with Crippen molar-refractivity contribution in [3.05, 3.63) is 83.0 Å². The lowest BCUT2D eigenvalue weighted by molar-refractivity contribution is -0.384. The number of rotatable bonds is 3. The van der Waals surface area contributed by atoms with Gasteiger partial charge in [0.2, 0.25) is 0 Å². The van der Waals surface area contributed by atoms with Crippen LogP contribution < -0.4 is 5.32 Å². The minimum absolute atomic E-state index is 0.0284. The number of fused-ring (bicyclic) bond motifs is 1. The lowest BCUT2D eigenvalue weighted by Gasteiger charge is -2.09. The molecule has 0 spiro atoms. The average molecular weight is 359 g/mol. The number of aromatic nitrogens is 3. The monoisotopic (exact) mass is 359 g/mol. The number of nitrogens with one attached hydrogen (secondary N) is 1. The van der Waals surface area contributed by atoms with E-state index in [2.05, 4.69) is 15.3 Å². The average Bonchev–Trinajstić information content (AvgIpc) is 3.08. The topological polar surface area (TPSA) is 103 Å². The third-order valence-electron chi connectivity index (χ3n) is 4.00. The normalized spacial score (nSPS) is 10.7. The van der Waals surface area contributed by atoms with Gasteiger partial charge in [0.1, 0.15) is 11.6 Å². The maximum absolute atomic E-state index is 12.9. The zero-order valence-corrected chi connectivity index (χ0v) is 13.9. The molecule has 27 heavy (non-hydrogen) atoms. The van der Waals surface area contributed by atoms with Crippen molar-refractivity contribution in [1.29, 1.82) is 0 Å². The Kier molecular flexibility index (Phi) is 4.06. The Labute approximate surface area is 153 Å². The van der Waals surface area contributed by atoms with E-state index in [-0.39, 0.29) is 5.69 Å². The summed E-state index contributed by atoms with van der Waals surface area (Å²) in [7, 11) is 0. The Morgan fingerprint density at radius 3 is 2.44 bits per heavy atom. The zero-order chi connectivity index (χ0) is 18.8. The number of carbonyl (C=O) groups excluding carboxylic acids is 1. The Morgan fingerprint density at radius 1 is 1.00 bits per heavy atom. The maximum Gasteiger partial charge on any atom is 0.333 e. The molecule has 0 atom stereocenters. The molecule has 0 aliphatic carbocycles. The number of nitro groups is 1. The lowest BCUT2D eigenvalue weighted by atomic mass is 10.2. The van der Waals surface area contributed by atoms with Crippen LogP contribution in [0.15, 0.2) is 72.9 Å². The molecule has 4 aromatic rings. The van der Waals surface area contributed by atoms with Crippen LogP contribution in [0.5, 0.6) is 0 Å². The number of imidazole rings is 1. The maximum atomic E-state index is 12.9. The molecule has 0 aliphatic rings. The van der Waals surface area contributed by atoms with Crippen molar-refractivity contribution in [1.82, 2.24) is 14.5 Å². The predicted molar refractivity (Wildman–Crippen MR) is 100 cm³/mol. The fourth-order valence-corrected chi connectivity index (χ4v) is 2.76. The highest BCUT2D eigenvalue weighted by Gasteiger charge is 2.19. The molecule has 0 unspecified atom stereocenters. The van der Waals surface area contributed by atoms with Gasteiger partial charge in [-0.15, -0.1) is 0 Å². The molecule has 8 heteroatoms. The third kappa shape index (κ3) is 3.11. The van der Waals surface area contributed by atoms with Crippen LogP contribution in [0.25, 0.3) is 22.4 Å². The number of nitrogens with zero attached hydrogens (tertiary/aromatic N) is 4. The first kappa shape index (κ1) is 16.4. The lowest BCUT2D eigenvalue weighted by Crippen LogP contribution is -2.20. The second-order valence-corrected chi connectivity index (χ2v) is 5.71. The Hall–Kier alpha value is -4.07. The van der Waals surface area contributed by atoms with E-state index < -0.39 is 11.0 Å². The molecule has 4 rings (SSSR count). The molecule has 0 aliphatic heterocycles. The van der Waals surface area contributed by atoms with E-state index in [1.54, 1.807) is 48.7 Å². The van der Waals surface area contributed by atoms with Gasteiger partial charge in [0.05, 0.1) is 16.0 Å². The van der Waals surface area contributed by atoms with Crippen LogP contribution in [0, 0.1) is 10.1 Å². The highest BCUT2D eigenvalue weighted by atomic mass is 16.6. The van der Waals surface area contributed by atoms with Gasteiger partial charge in [0.25, 0.3) is 5.69 Å². The van der Waals surface area contributed by atoms with E-state index in [1.807, 2.05) is 12.1 Å². The highest BCUT2D eigenvalue weighted by molar-refractivity contribution is 6.00. The summed E-state index contributed by atoms with van der Waals surface area (Å²) in [6.07, 6.45) is 1.58. The molecule has 8 nitrogen and oxygen atoms in total. The van der Waals surface area contributed by atoms with E-state index in [0.717, 1.165) is 0 Å². The minimum atomic E-state index is -0.472. The van der Waals surface area contributed by atoms with Crippen LogP contribution in [0.1, 0.15) is 0 Å². The first-order chi connectivity index (χ1) is 13.1. The fourth-order valence-electron chi connectivity index (χ4n) is 2.76. The molecular formula is C19H13N5O3. The van der Waals surface area contributed by atoms with E-state index in [4.69, 9.17) is 0 Å². The molecule has 2 heterocycles. The van der Waals surface area contributed by atoms with Gasteiger partial charge in [-0.05, 0) is 36.4 Å². The standard InChI is InChI=1S/C19H13N5O3/c25-19(22-17-7-3-4-12-20-17)23-16-6-2-1-5-15(16)21-18(23)13-8-10-14(11-9-13)24(26)27/h1-12H,(H,20,22,25). The second kappa shape index (κ2) is 6.68. The summed E-state index contributed by atoms with van der Waals surface area (Å²) >= 11 is 0. The number of pyridine rings is 1. The van der Waals surface area contributed by atoms with Gasteiger partial charge in [-0.25, -0.2) is 19.3 Å². The second-order valence-electron chi connectivity index (χ2n) is 5.71. The van der Waals surface area contributed by atoms with Crippen molar-refractivity contribution in [2.75, 3.05) is 5.32 Å². The molecule has 2 aromatic carbocycles. The van der Waals surface area contributed by atoms with Crippen molar-refractivity contribution in [3.8, 4) is 11.4 Å². The number of non-ortho nitro benzene ring substituents is 1. The third-order valence-corrected chi connectivity index (χ3v) is 4.00. The number of hydrogen-bond donors (Lipinski definition) is 1. The highest BCUT2D eigenvalue weighted by Crippen LogP contribution is 2.26. The summed E-state index contributed by atoms with van der Waals surface area (Å²) in [5.74, 6) is 0.800. The molecule has 0 saturated carbocycles. The molecule has 1 amide bonds. The number of anilines is 1. The quantitative estimate of drug-likeness (QED) is 0.438. The van der Waals surface area contributed by atoms with Gasteiger partial charge < -0.3 is 0 Å². The van der Waals surface area contributed by atoms with Crippen LogP contribution in [-0.2, 0) is 0 Å². The predicted octanol–water partition coefficient (Wildman–Crippen LogP) is 4.09. The van der Waals surface area contributed by atoms with Crippen molar-refractivity contribution in [3.63, 3.8) is 0 Å². The van der Waals surface area contributed by atoms with E-state index in [9.17, 15) is 14.9 Å². The first-order valence-corrected chi connectivity index (χ1v) is 8.08. The number of benzene rings is 2. The van der Waals surface area contributed by atoms with Gasteiger partial charge >= 0.3 is 6.03 Å². The fraction of sp³-hybridized carbons (Fsp3) is 0. The van der Waals surface area contributed by atoms with Crippen LogP contribution in [0.4, 0.5) is 16.3 Å². The molecule has 2 aromatic heterocycles. The van der Waals surface area contributed by atoms with Gasteiger partial charge in [-0.2, -0.15) is 0 Å². The Morgan fingerprint density at radius 2 is 1.74 bits per heavy atom. The SMILES string of the molecule is O=C(Nc1ccccn1)n1c(-c2ccc([N+](=O)[O-])cc2)nc2ccccc21. The van der Waals surface area contributed by atoms with Crippen molar-refractivity contribution >= 4 is 28.6 Å². The summed E-state index contributed by atoms with van der Waals surface area (Å²) < 4.78 is 1.44. The van der Waals surface area contributed by atoms with Crippen molar-refractivity contribution in [2.24, 2.45) is 0 Å². The summed E-state index contributed by atoms with van der Waals surface area (Å²) in [6.45, 7) is 0. The number of hydrogen-bond acceptors (Lipinski definition) is 5. The number of nitro benzene ring substituents is 1. The largest absolute Gasteiger partial charge is 0.333 e. The van der Waals surface area contributed by atoms with E-state index >= 15 is 0 Å². The van der Waals surface area contributed by atoms with Crippen LogP contribution in [0.2, 0.25) is 0 Å². The summed E-state index contributed by atoms with van der Waals surface area (Å²) in [5, 5.41) is 13.6. The van der Waals surface area contributed by atoms with Gasteiger partial charge in [0.15, 0.2) is 0 Å². The molecular weight excluding hydrogens is 346 g/mol. The number of para-hydroxylation sites is 2. The Balaban J connectivity index is 1.82. The zero-order valence-electron chi connectivity index (χ0n) is 13.9. The summed E-state index contributed by atoms with van der Waals surface area (Å²) in [5.41, 5.74) is 1.83. The van der Waals surface area contributed by atoms with Crippen LogP contribution in [-0.4, -0.2) is 25.5 Å². The van der Waals surface area contributed by atoms with Crippen molar-refractivity contribution in [2.45, 2.75) is 0 Å².